The minimum Gasteiger partial charge on any atom is -0.382 e. The lowest BCUT2D eigenvalue weighted by Gasteiger charge is -2.27. The van der Waals surface area contributed by atoms with E-state index in [1.807, 2.05) is 19.1 Å². The van der Waals surface area contributed by atoms with Crippen molar-refractivity contribution in [3.63, 3.8) is 0 Å². The van der Waals surface area contributed by atoms with Gasteiger partial charge < -0.3 is 35.5 Å². The number of halogens is 1. The van der Waals surface area contributed by atoms with Gasteiger partial charge in [-0.25, -0.2) is 14.4 Å². The molecule has 312 valence electrons. The van der Waals surface area contributed by atoms with Crippen molar-refractivity contribution in [3.05, 3.63) is 76.7 Å². The van der Waals surface area contributed by atoms with E-state index in [1.54, 1.807) is 37.4 Å². The highest BCUT2D eigenvalue weighted by Crippen LogP contribution is 2.33. The average Bonchev–Trinajstić information content (AvgIpc) is 4.00. The predicted octanol–water partition coefficient (Wildman–Crippen LogP) is 3.79. The molecule has 2 aliphatic heterocycles. The van der Waals surface area contributed by atoms with Crippen LogP contribution in [0.15, 0.2) is 53.8 Å². The number of pyridine rings is 2. The molecule has 59 heavy (non-hydrogen) atoms. The summed E-state index contributed by atoms with van der Waals surface area (Å²) in [6.45, 7) is 7.91. The third-order valence-corrected chi connectivity index (χ3v) is 9.61. The summed E-state index contributed by atoms with van der Waals surface area (Å²) in [5.74, 6) is -1.69. The first-order valence-electron chi connectivity index (χ1n) is 19.4. The van der Waals surface area contributed by atoms with E-state index in [1.165, 1.54) is 12.3 Å². The summed E-state index contributed by atoms with van der Waals surface area (Å²) in [5, 5.41) is 14.5. The van der Waals surface area contributed by atoms with Crippen molar-refractivity contribution < 1.29 is 42.6 Å². The first kappa shape index (κ1) is 42.5. The van der Waals surface area contributed by atoms with E-state index in [4.69, 9.17) is 14.2 Å². The van der Waals surface area contributed by atoms with Crippen LogP contribution in [-0.2, 0) is 23.8 Å². The Labute approximate surface area is 340 Å². The van der Waals surface area contributed by atoms with Gasteiger partial charge in [0.1, 0.15) is 23.8 Å². The topological polar surface area (TPSA) is 215 Å². The second-order valence-corrected chi connectivity index (χ2v) is 14.3. The molecule has 1 saturated heterocycles. The second kappa shape index (κ2) is 20.0. The molecule has 6 rings (SSSR count). The Kier molecular flexibility index (Phi) is 14.4. The van der Waals surface area contributed by atoms with Gasteiger partial charge in [-0.15, -0.1) is 0 Å². The highest BCUT2D eigenvalue weighted by molar-refractivity contribution is 6.25. The molecular formula is C41H48FN9O8. The fourth-order valence-electron chi connectivity index (χ4n) is 6.41. The lowest BCUT2D eigenvalue weighted by Crippen LogP contribution is -2.54. The Hall–Kier alpha value is -6.11. The molecule has 18 heteroatoms. The van der Waals surface area contributed by atoms with Crippen LogP contribution in [-0.4, -0.2) is 122 Å². The minimum atomic E-state index is -1.46. The van der Waals surface area contributed by atoms with Crippen LogP contribution < -0.4 is 26.6 Å². The number of hydrogen-bond donors (Lipinski definition) is 5. The molecule has 4 heterocycles. The van der Waals surface area contributed by atoms with Crippen molar-refractivity contribution in [1.82, 2.24) is 25.5 Å². The number of aromatic nitrogens is 2. The number of rotatable bonds is 22. The van der Waals surface area contributed by atoms with Gasteiger partial charge >= 0.3 is 0 Å². The van der Waals surface area contributed by atoms with Gasteiger partial charge in [-0.1, -0.05) is 12.1 Å². The zero-order chi connectivity index (χ0) is 41.9. The number of amides is 5. The Morgan fingerprint density at radius 2 is 1.88 bits per heavy atom. The maximum Gasteiger partial charge on any atom is 0.264 e. The van der Waals surface area contributed by atoms with E-state index in [9.17, 15) is 28.4 Å². The van der Waals surface area contributed by atoms with Crippen molar-refractivity contribution in [2.24, 2.45) is 4.99 Å². The molecule has 0 spiro atoms. The number of alkyl halides is 1. The van der Waals surface area contributed by atoms with Crippen LogP contribution in [0.2, 0.25) is 0 Å². The highest BCUT2D eigenvalue weighted by atomic mass is 19.1. The standard InChI is InChI=1S/C41H48FN9O8/c1-24-7-11-34(48-30(24)13-14-43-3)49-35-19-32(47-27-8-9-27)29(21-45-35)38(53)46-20-26(42)23-58-22-25(2)59-18-17-57-16-15-44-31-6-4-5-28-37(31)41(56)51(40(28)55)33-10-12-36(52)50-39(33)54/h4-7,11,13-14,19,21,25-27,33,44H,3,8-10,12,15-18,20,22-23H2,1-2H3,(H,46,53)(H,50,52,54)(H2,45,47,48,49)/b14-13-. The average molecular weight is 814 g/mol. The zero-order valence-corrected chi connectivity index (χ0v) is 32.9. The monoisotopic (exact) mass is 813 g/mol. The molecule has 3 unspecified atom stereocenters. The van der Waals surface area contributed by atoms with Crippen molar-refractivity contribution in [2.75, 3.05) is 62.1 Å². The fraction of sp³-hybridized carbons (Fsp3) is 0.415. The van der Waals surface area contributed by atoms with Crippen LogP contribution in [0.25, 0.3) is 6.08 Å². The molecule has 1 aliphatic carbocycles. The maximum atomic E-state index is 14.8. The van der Waals surface area contributed by atoms with E-state index in [2.05, 4.69) is 48.3 Å². The third-order valence-electron chi connectivity index (χ3n) is 9.61. The van der Waals surface area contributed by atoms with Crippen molar-refractivity contribution in [1.29, 1.82) is 0 Å². The molecule has 0 radical (unpaired) electrons. The number of imide groups is 2. The van der Waals surface area contributed by atoms with E-state index in [0.29, 0.717) is 35.1 Å². The van der Waals surface area contributed by atoms with Crippen LogP contribution >= 0.6 is 0 Å². The van der Waals surface area contributed by atoms with Gasteiger partial charge in [0.25, 0.3) is 17.7 Å². The van der Waals surface area contributed by atoms with Gasteiger partial charge in [-0.3, -0.25) is 39.2 Å². The van der Waals surface area contributed by atoms with Gasteiger partial charge in [0.05, 0.1) is 73.8 Å². The van der Waals surface area contributed by atoms with E-state index < -0.39 is 41.7 Å². The number of nitrogens with one attached hydrogen (secondary N) is 5. The number of anilines is 4. The smallest absolute Gasteiger partial charge is 0.264 e. The van der Waals surface area contributed by atoms with Crippen LogP contribution in [0.1, 0.15) is 74.9 Å². The molecule has 2 fully saturated rings. The molecule has 5 amide bonds. The van der Waals surface area contributed by atoms with Crippen LogP contribution in [0.4, 0.5) is 27.4 Å². The molecular weight excluding hydrogens is 766 g/mol. The number of carbonyl (C=O) groups excluding carboxylic acids is 5. The number of ether oxygens (including phenoxy) is 3. The summed E-state index contributed by atoms with van der Waals surface area (Å²) < 4.78 is 31.6. The number of hydrogen-bond acceptors (Lipinski definition) is 14. The highest BCUT2D eigenvalue weighted by Gasteiger charge is 2.45. The summed E-state index contributed by atoms with van der Waals surface area (Å²) in [6, 6.07) is 9.53. The summed E-state index contributed by atoms with van der Waals surface area (Å²) >= 11 is 0. The number of benzene rings is 1. The number of piperidine rings is 1. The van der Waals surface area contributed by atoms with Gasteiger partial charge in [-0.05, 0) is 69.7 Å². The molecule has 1 aromatic carbocycles. The van der Waals surface area contributed by atoms with Gasteiger partial charge in [0.2, 0.25) is 11.8 Å². The van der Waals surface area contributed by atoms with Crippen molar-refractivity contribution in [2.45, 2.75) is 63.9 Å². The quantitative estimate of drug-likeness (QED) is 0.0556. The lowest BCUT2D eigenvalue weighted by atomic mass is 10.0. The first-order valence-corrected chi connectivity index (χ1v) is 19.4. The summed E-state index contributed by atoms with van der Waals surface area (Å²) in [4.78, 5) is 76.9. The van der Waals surface area contributed by atoms with Crippen molar-refractivity contribution >= 4 is 65.3 Å². The number of carbonyl (C=O) groups is 5. The van der Waals surface area contributed by atoms with Gasteiger partial charge in [0.15, 0.2) is 0 Å². The fourth-order valence-corrected chi connectivity index (χ4v) is 6.41. The largest absolute Gasteiger partial charge is 0.382 e. The number of aliphatic imine (C=N–C) groups is 1. The third kappa shape index (κ3) is 11.3. The van der Waals surface area contributed by atoms with E-state index >= 15 is 0 Å². The van der Waals surface area contributed by atoms with Crippen LogP contribution in [0.3, 0.4) is 0 Å². The molecule has 0 bridgehead atoms. The number of fused-ring (bicyclic) bond motifs is 1. The summed E-state index contributed by atoms with van der Waals surface area (Å²) in [5.41, 5.74) is 3.36. The number of aryl methyl sites for hydroxylation is 1. The Bertz CT molecular complexity index is 2100. The second-order valence-electron chi connectivity index (χ2n) is 14.3. The minimum absolute atomic E-state index is 0.0410. The Balaban J connectivity index is 0.862. The molecule has 17 nitrogen and oxygen atoms in total. The summed E-state index contributed by atoms with van der Waals surface area (Å²) in [6.07, 6.45) is 5.05. The molecule has 3 aromatic rings. The van der Waals surface area contributed by atoms with Crippen molar-refractivity contribution in [3.8, 4) is 0 Å². The van der Waals surface area contributed by atoms with E-state index in [0.717, 1.165) is 29.0 Å². The Morgan fingerprint density at radius 1 is 1.05 bits per heavy atom. The van der Waals surface area contributed by atoms with Crippen LogP contribution in [0, 0.1) is 6.92 Å². The Morgan fingerprint density at radius 3 is 2.66 bits per heavy atom. The van der Waals surface area contributed by atoms with Gasteiger partial charge in [0, 0.05) is 43.2 Å². The molecule has 3 atom stereocenters. The maximum absolute atomic E-state index is 14.8. The number of nitrogens with zero attached hydrogens (tertiary/aromatic N) is 4. The lowest BCUT2D eigenvalue weighted by molar-refractivity contribution is -0.136. The molecule has 5 N–H and O–H groups in total. The molecule has 2 aromatic heterocycles. The van der Waals surface area contributed by atoms with Crippen LogP contribution in [0.5, 0.6) is 0 Å². The van der Waals surface area contributed by atoms with E-state index in [-0.39, 0.29) is 75.7 Å². The molecule has 1 saturated carbocycles. The first-order chi connectivity index (χ1) is 28.5. The summed E-state index contributed by atoms with van der Waals surface area (Å²) in [7, 11) is 0. The SMILES string of the molecule is C=N/C=C\c1nc(Nc2cc(NC3CC3)c(C(=O)NCC(F)COCC(C)OCCOCCNc3cccc4c3C(=O)N(C3CCC(=O)NC3=O)C4=O)cn2)ccc1C. The van der Waals surface area contributed by atoms with Gasteiger partial charge in [-0.2, -0.15) is 0 Å². The zero-order valence-electron chi connectivity index (χ0n) is 32.9. The predicted molar refractivity (Wildman–Crippen MR) is 218 cm³/mol. The normalized spacial score (nSPS) is 17.4. The molecule has 3 aliphatic rings.